The number of para-hydroxylation sites is 1. The number of hydrogen-bond acceptors (Lipinski definition) is 2. The van der Waals surface area contributed by atoms with Crippen LogP contribution in [0.5, 0.6) is 0 Å². The van der Waals surface area contributed by atoms with Crippen molar-refractivity contribution in [1.29, 1.82) is 0 Å². The van der Waals surface area contributed by atoms with Gasteiger partial charge >= 0.3 is 5.97 Å². The average molecular weight is 313 g/mol. The monoisotopic (exact) mass is 312 g/mol. The van der Waals surface area contributed by atoms with Crippen LogP contribution in [0.3, 0.4) is 0 Å². The maximum Gasteiger partial charge on any atom is 0.358 e. The minimum Gasteiger partial charge on any atom is -0.476 e. The third-order valence-electron chi connectivity index (χ3n) is 2.82. The normalized spacial score (nSPS) is 11.7. The van der Waals surface area contributed by atoms with Crippen LogP contribution in [-0.2, 0) is 5.41 Å². The molecule has 1 aromatic heterocycles. The fraction of sp³-hybridized carbons (Fsp3) is 0.286. The SMILES string of the molecule is CC(C)(C)c1c(Cl)c(C(=O)O)nn1-c1ccccc1Cl. The van der Waals surface area contributed by atoms with Gasteiger partial charge in [0.2, 0.25) is 0 Å². The van der Waals surface area contributed by atoms with Gasteiger partial charge in [-0.15, -0.1) is 0 Å². The Bertz CT molecular complexity index is 672. The summed E-state index contributed by atoms with van der Waals surface area (Å²) in [5.74, 6) is -1.16. The molecule has 0 fully saturated rings. The lowest BCUT2D eigenvalue weighted by Gasteiger charge is -2.21. The molecule has 20 heavy (non-hydrogen) atoms. The molecule has 2 aromatic rings. The molecule has 0 saturated carbocycles. The molecule has 0 bridgehead atoms. The van der Waals surface area contributed by atoms with Crippen molar-refractivity contribution in [2.45, 2.75) is 26.2 Å². The summed E-state index contributed by atoms with van der Waals surface area (Å²) in [4.78, 5) is 11.2. The van der Waals surface area contributed by atoms with Gasteiger partial charge in [-0.3, -0.25) is 0 Å². The lowest BCUT2D eigenvalue weighted by atomic mass is 9.91. The van der Waals surface area contributed by atoms with Crippen LogP contribution in [0.1, 0.15) is 37.0 Å². The zero-order chi connectivity index (χ0) is 15.1. The number of rotatable bonds is 2. The summed E-state index contributed by atoms with van der Waals surface area (Å²) in [6, 6.07) is 7.10. The van der Waals surface area contributed by atoms with E-state index in [1.807, 2.05) is 26.8 Å². The first-order valence-corrected chi connectivity index (χ1v) is 6.76. The lowest BCUT2D eigenvalue weighted by molar-refractivity contribution is 0.0690. The molecule has 106 valence electrons. The molecule has 0 radical (unpaired) electrons. The number of nitrogens with zero attached hydrogens (tertiary/aromatic N) is 2. The summed E-state index contributed by atoms with van der Waals surface area (Å²) in [6.45, 7) is 5.82. The molecule has 0 aliphatic carbocycles. The number of halogens is 2. The third kappa shape index (κ3) is 2.53. The predicted molar refractivity (Wildman–Crippen MR) is 79.2 cm³/mol. The van der Waals surface area contributed by atoms with E-state index in [-0.39, 0.29) is 16.1 Å². The second kappa shape index (κ2) is 5.11. The Kier molecular flexibility index (Phi) is 3.80. The highest BCUT2D eigenvalue weighted by atomic mass is 35.5. The summed E-state index contributed by atoms with van der Waals surface area (Å²) < 4.78 is 1.51. The third-order valence-corrected chi connectivity index (χ3v) is 3.50. The lowest BCUT2D eigenvalue weighted by Crippen LogP contribution is -2.18. The molecule has 6 heteroatoms. The zero-order valence-corrected chi connectivity index (χ0v) is 12.8. The van der Waals surface area contributed by atoms with Gasteiger partial charge in [-0.25, -0.2) is 9.48 Å². The Hall–Kier alpha value is -1.52. The van der Waals surface area contributed by atoms with E-state index in [1.165, 1.54) is 4.68 Å². The summed E-state index contributed by atoms with van der Waals surface area (Å²) >= 11 is 12.4. The molecule has 1 heterocycles. The van der Waals surface area contributed by atoms with Crippen LogP contribution >= 0.6 is 23.2 Å². The molecular weight excluding hydrogens is 299 g/mol. The molecule has 2 rings (SSSR count). The first kappa shape index (κ1) is 14.9. The van der Waals surface area contributed by atoms with Gasteiger partial charge in [-0.2, -0.15) is 5.10 Å². The maximum absolute atomic E-state index is 11.2. The molecule has 0 saturated heterocycles. The van der Waals surface area contributed by atoms with Crippen LogP contribution in [0.25, 0.3) is 5.69 Å². The molecule has 0 aliphatic heterocycles. The first-order chi connectivity index (χ1) is 9.23. The van der Waals surface area contributed by atoms with Crippen LogP contribution in [0.4, 0.5) is 0 Å². The average Bonchev–Trinajstić information content (AvgIpc) is 2.67. The van der Waals surface area contributed by atoms with E-state index in [0.29, 0.717) is 16.4 Å². The van der Waals surface area contributed by atoms with Gasteiger partial charge < -0.3 is 5.11 Å². The largest absolute Gasteiger partial charge is 0.476 e. The molecule has 1 N–H and O–H groups in total. The number of carbonyl (C=O) groups is 1. The van der Waals surface area contributed by atoms with E-state index in [9.17, 15) is 9.90 Å². The standard InChI is InChI=1S/C14H14Cl2N2O2/c1-14(2,3)12-10(16)11(13(19)20)17-18(12)9-7-5-4-6-8(9)15/h4-7H,1-3H3,(H,19,20). The van der Waals surface area contributed by atoms with Crippen LogP contribution in [0.15, 0.2) is 24.3 Å². The summed E-state index contributed by atoms with van der Waals surface area (Å²) in [7, 11) is 0. The van der Waals surface area contributed by atoms with Crippen molar-refractivity contribution in [3.05, 3.63) is 45.7 Å². The Labute approximate surface area is 126 Å². The minimum absolute atomic E-state index is 0.143. The van der Waals surface area contributed by atoms with Gasteiger partial charge in [-0.1, -0.05) is 56.1 Å². The number of aromatic nitrogens is 2. The predicted octanol–water partition coefficient (Wildman–Crippen LogP) is 4.17. The van der Waals surface area contributed by atoms with Gasteiger partial charge in [0.05, 0.1) is 21.4 Å². The summed E-state index contributed by atoms with van der Waals surface area (Å²) in [6.07, 6.45) is 0. The van der Waals surface area contributed by atoms with Crippen LogP contribution in [-0.4, -0.2) is 20.9 Å². The molecule has 0 spiro atoms. The van der Waals surface area contributed by atoms with Crippen LogP contribution in [0.2, 0.25) is 10.0 Å². The molecule has 0 aliphatic rings. The molecule has 0 amide bonds. The highest BCUT2D eigenvalue weighted by Crippen LogP contribution is 2.35. The Morgan fingerprint density at radius 1 is 1.25 bits per heavy atom. The summed E-state index contributed by atoms with van der Waals surface area (Å²) in [5.41, 5.74) is 0.673. The molecule has 1 aromatic carbocycles. The smallest absolute Gasteiger partial charge is 0.358 e. The maximum atomic E-state index is 11.2. The van der Waals surface area contributed by atoms with Crippen molar-refractivity contribution in [3.63, 3.8) is 0 Å². The van der Waals surface area contributed by atoms with Crippen molar-refractivity contribution >= 4 is 29.2 Å². The number of carboxylic acids is 1. The van der Waals surface area contributed by atoms with E-state index in [1.54, 1.807) is 18.2 Å². The highest BCUT2D eigenvalue weighted by Gasteiger charge is 2.30. The number of hydrogen-bond donors (Lipinski definition) is 1. The number of carboxylic acid groups (broad SMARTS) is 1. The fourth-order valence-electron chi connectivity index (χ4n) is 1.98. The number of benzene rings is 1. The molecule has 0 unspecified atom stereocenters. The van der Waals surface area contributed by atoms with E-state index >= 15 is 0 Å². The second-order valence-corrected chi connectivity index (χ2v) is 6.21. The minimum atomic E-state index is -1.16. The quantitative estimate of drug-likeness (QED) is 0.905. The van der Waals surface area contributed by atoms with Crippen LogP contribution in [0, 0.1) is 0 Å². The van der Waals surface area contributed by atoms with E-state index in [4.69, 9.17) is 23.2 Å². The molecular formula is C14H14Cl2N2O2. The van der Waals surface area contributed by atoms with Gasteiger partial charge in [0.15, 0.2) is 5.69 Å². The van der Waals surface area contributed by atoms with Gasteiger partial charge in [-0.05, 0) is 12.1 Å². The van der Waals surface area contributed by atoms with E-state index in [0.717, 1.165) is 0 Å². The Balaban J connectivity index is 2.80. The van der Waals surface area contributed by atoms with E-state index < -0.39 is 5.97 Å². The van der Waals surface area contributed by atoms with Crippen molar-refractivity contribution < 1.29 is 9.90 Å². The summed E-state index contributed by atoms with van der Waals surface area (Å²) in [5, 5.41) is 13.9. The fourth-order valence-corrected chi connectivity index (χ4v) is 2.68. The molecule has 4 nitrogen and oxygen atoms in total. The second-order valence-electron chi connectivity index (χ2n) is 5.43. The van der Waals surface area contributed by atoms with E-state index in [2.05, 4.69) is 5.10 Å². The number of aromatic carboxylic acids is 1. The van der Waals surface area contributed by atoms with Gasteiger partial charge in [0, 0.05) is 5.41 Å². The van der Waals surface area contributed by atoms with Crippen molar-refractivity contribution in [3.8, 4) is 5.69 Å². The topological polar surface area (TPSA) is 55.1 Å². The van der Waals surface area contributed by atoms with Gasteiger partial charge in [0.1, 0.15) is 0 Å². The van der Waals surface area contributed by atoms with Crippen molar-refractivity contribution in [1.82, 2.24) is 9.78 Å². The Morgan fingerprint density at radius 2 is 1.85 bits per heavy atom. The molecule has 0 atom stereocenters. The van der Waals surface area contributed by atoms with Crippen molar-refractivity contribution in [2.24, 2.45) is 0 Å². The Morgan fingerprint density at radius 3 is 2.35 bits per heavy atom. The van der Waals surface area contributed by atoms with Crippen molar-refractivity contribution in [2.75, 3.05) is 0 Å². The first-order valence-electron chi connectivity index (χ1n) is 6.00. The van der Waals surface area contributed by atoms with Gasteiger partial charge in [0.25, 0.3) is 0 Å². The zero-order valence-electron chi connectivity index (χ0n) is 11.3. The highest BCUT2D eigenvalue weighted by molar-refractivity contribution is 6.34. The van der Waals surface area contributed by atoms with Crippen LogP contribution < -0.4 is 0 Å².